The molecule has 0 spiro atoms. The molecule has 7 heteroatoms. The van der Waals surface area contributed by atoms with Gasteiger partial charge < -0.3 is 20.1 Å². The van der Waals surface area contributed by atoms with Gasteiger partial charge in [-0.05, 0) is 67.2 Å². The second kappa shape index (κ2) is 8.82. The summed E-state index contributed by atoms with van der Waals surface area (Å²) in [7, 11) is 1.71. The molecule has 0 amide bonds. The Hall–Kier alpha value is 0.0400. The molecule has 6 atom stereocenters. The first-order valence-electron chi connectivity index (χ1n) is 8.87. The van der Waals surface area contributed by atoms with Crippen molar-refractivity contribution in [3.63, 3.8) is 0 Å². The van der Waals surface area contributed by atoms with Crippen LogP contribution < -0.4 is 0 Å². The Morgan fingerprint density at radius 2 is 1.80 bits per heavy atom. The highest BCUT2D eigenvalue weighted by molar-refractivity contribution is 14.1. The van der Waals surface area contributed by atoms with Gasteiger partial charge in [0, 0.05) is 6.54 Å². The smallest absolute Gasteiger partial charge is 0.309 e. The molecule has 1 aliphatic heterocycles. The van der Waals surface area contributed by atoms with Crippen LogP contribution in [0.5, 0.6) is 0 Å². The number of halogens is 1. The number of carbonyl (C=O) groups is 1. The number of hydrogen-bond acceptors (Lipinski definition) is 6. The summed E-state index contributed by atoms with van der Waals surface area (Å²) < 4.78 is 4.51. The third kappa shape index (κ3) is 7.28. The van der Waals surface area contributed by atoms with Crippen LogP contribution >= 0.6 is 22.6 Å². The maximum Gasteiger partial charge on any atom is 0.309 e. The van der Waals surface area contributed by atoms with E-state index in [4.69, 9.17) is 4.74 Å². The molecule has 1 aliphatic rings. The maximum atomic E-state index is 12.2. The fourth-order valence-corrected chi connectivity index (χ4v) is 4.78. The number of aliphatic hydroxyl groups excluding tert-OH is 2. The third-order valence-corrected chi connectivity index (χ3v) is 5.73. The van der Waals surface area contributed by atoms with Crippen molar-refractivity contribution in [2.45, 2.75) is 75.9 Å². The largest absolute Gasteiger partial charge is 0.448 e. The van der Waals surface area contributed by atoms with Crippen LogP contribution in [0.2, 0.25) is 0 Å². The molecule has 0 radical (unpaired) electrons. The highest BCUT2D eigenvalue weighted by Gasteiger charge is 2.37. The Balaban J connectivity index is 3.06. The van der Waals surface area contributed by atoms with Gasteiger partial charge in [-0.2, -0.15) is 0 Å². The number of nitrogens with zero attached hydrogens (tertiary/aromatic N) is 1. The molecule has 0 aromatic rings. The van der Waals surface area contributed by atoms with E-state index in [9.17, 15) is 20.1 Å². The summed E-state index contributed by atoms with van der Waals surface area (Å²) in [6.07, 6.45) is -0.604. The SMILES string of the molecule is C[C@H]1C[C@@H](C)C(=O)O[C@H](I)[C@@H](O)[C@H](O)N(C)CC(C)(C)C[C@@](C)(O)C1. The molecule has 1 fully saturated rings. The predicted molar refractivity (Wildman–Crippen MR) is 105 cm³/mol. The van der Waals surface area contributed by atoms with Crippen LogP contribution in [0.15, 0.2) is 0 Å². The Kier molecular flexibility index (Phi) is 8.14. The van der Waals surface area contributed by atoms with Gasteiger partial charge in [-0.25, -0.2) is 0 Å². The fraction of sp³-hybridized carbons (Fsp3) is 0.944. The van der Waals surface area contributed by atoms with Crippen molar-refractivity contribution in [1.29, 1.82) is 0 Å². The number of esters is 1. The quantitative estimate of drug-likeness (QED) is 0.285. The second-order valence-corrected chi connectivity index (χ2v) is 10.1. The van der Waals surface area contributed by atoms with E-state index in [1.54, 1.807) is 18.9 Å². The van der Waals surface area contributed by atoms with Gasteiger partial charge in [0.25, 0.3) is 0 Å². The van der Waals surface area contributed by atoms with Crippen molar-refractivity contribution in [3.8, 4) is 0 Å². The monoisotopic (exact) mass is 471 g/mol. The van der Waals surface area contributed by atoms with E-state index < -0.39 is 28.0 Å². The Morgan fingerprint density at radius 3 is 2.36 bits per heavy atom. The lowest BCUT2D eigenvalue weighted by Gasteiger charge is -2.40. The first kappa shape index (κ1) is 23.1. The molecule has 148 valence electrons. The highest BCUT2D eigenvalue weighted by Crippen LogP contribution is 2.35. The molecule has 1 rings (SSSR count). The van der Waals surface area contributed by atoms with E-state index in [2.05, 4.69) is 0 Å². The van der Waals surface area contributed by atoms with Gasteiger partial charge in [0.15, 0.2) is 4.11 Å². The van der Waals surface area contributed by atoms with Crippen molar-refractivity contribution in [2.24, 2.45) is 17.3 Å². The summed E-state index contributed by atoms with van der Waals surface area (Å²) >= 11 is 1.84. The molecule has 1 saturated heterocycles. The fourth-order valence-electron chi connectivity index (χ4n) is 4.15. The van der Waals surface area contributed by atoms with Crippen LogP contribution in [0.25, 0.3) is 0 Å². The van der Waals surface area contributed by atoms with Gasteiger partial charge >= 0.3 is 5.97 Å². The van der Waals surface area contributed by atoms with E-state index in [-0.39, 0.29) is 17.3 Å². The number of alkyl halides is 1. The van der Waals surface area contributed by atoms with Gasteiger partial charge in [-0.1, -0.05) is 27.7 Å². The average Bonchev–Trinajstić information content (AvgIpc) is 2.41. The number of carbonyl (C=O) groups excluding carboxylic acids is 1. The molecule has 0 unspecified atom stereocenters. The summed E-state index contributed by atoms with van der Waals surface area (Å²) in [5.41, 5.74) is -1.13. The van der Waals surface area contributed by atoms with Crippen molar-refractivity contribution in [3.05, 3.63) is 0 Å². The molecule has 0 bridgehead atoms. The van der Waals surface area contributed by atoms with E-state index in [1.807, 2.05) is 50.3 Å². The predicted octanol–water partition coefficient (Wildman–Crippen LogP) is 2.14. The zero-order valence-corrected chi connectivity index (χ0v) is 18.4. The van der Waals surface area contributed by atoms with Gasteiger partial charge in [0.2, 0.25) is 0 Å². The summed E-state index contributed by atoms with van der Waals surface area (Å²) in [5, 5.41) is 31.6. The van der Waals surface area contributed by atoms with Gasteiger partial charge in [-0.3, -0.25) is 9.69 Å². The standard InChI is InChI=1S/C18H34INO5/c1-11-7-12(2)16(23)25-14(19)13(21)15(22)20(6)10-17(3,4)9-18(5,24)8-11/h11-15,21-22,24H,7-10H2,1-6H3/t11-,12+,13+,14-,15-,18-/m0/s1. The highest BCUT2D eigenvalue weighted by atomic mass is 127. The Labute approximate surface area is 165 Å². The first-order chi connectivity index (χ1) is 11.2. The minimum atomic E-state index is -1.21. The Bertz CT molecular complexity index is 457. The van der Waals surface area contributed by atoms with Crippen molar-refractivity contribution >= 4 is 28.6 Å². The molecule has 3 N–H and O–H groups in total. The Morgan fingerprint density at radius 1 is 1.24 bits per heavy atom. The molecule has 25 heavy (non-hydrogen) atoms. The normalized spacial score (nSPS) is 42.5. The minimum absolute atomic E-state index is 0.164. The maximum absolute atomic E-state index is 12.2. The first-order valence-corrected chi connectivity index (χ1v) is 10.1. The molecule has 6 nitrogen and oxygen atoms in total. The molecular formula is C18H34INO5. The molecular weight excluding hydrogens is 437 g/mol. The van der Waals surface area contributed by atoms with Crippen LogP contribution in [0.3, 0.4) is 0 Å². The lowest BCUT2D eigenvalue weighted by molar-refractivity contribution is -0.162. The van der Waals surface area contributed by atoms with E-state index >= 15 is 0 Å². The van der Waals surface area contributed by atoms with Gasteiger partial charge in [-0.15, -0.1) is 0 Å². The van der Waals surface area contributed by atoms with Crippen molar-refractivity contribution in [2.75, 3.05) is 13.6 Å². The van der Waals surface area contributed by atoms with E-state index in [0.29, 0.717) is 25.8 Å². The summed E-state index contributed by atoms with van der Waals surface area (Å²) in [4.78, 5) is 13.9. The number of hydrogen-bond donors (Lipinski definition) is 3. The molecule has 0 aromatic heterocycles. The summed E-state index contributed by atoms with van der Waals surface area (Å²) in [5.74, 6) is -0.560. The van der Waals surface area contributed by atoms with Gasteiger partial charge in [0.1, 0.15) is 12.3 Å². The van der Waals surface area contributed by atoms with Crippen LogP contribution in [0, 0.1) is 17.3 Å². The molecule has 0 saturated carbocycles. The lowest BCUT2D eigenvalue weighted by atomic mass is 9.76. The topological polar surface area (TPSA) is 90.2 Å². The van der Waals surface area contributed by atoms with Crippen LogP contribution in [-0.4, -0.2) is 61.8 Å². The summed E-state index contributed by atoms with van der Waals surface area (Å²) in [6.45, 7) is 10.2. The molecule has 1 heterocycles. The van der Waals surface area contributed by atoms with Crippen molar-refractivity contribution in [1.82, 2.24) is 4.90 Å². The number of aliphatic hydroxyl groups is 3. The van der Waals surface area contributed by atoms with E-state index in [0.717, 1.165) is 0 Å². The van der Waals surface area contributed by atoms with E-state index in [1.165, 1.54) is 0 Å². The van der Waals surface area contributed by atoms with Crippen LogP contribution in [-0.2, 0) is 9.53 Å². The minimum Gasteiger partial charge on any atom is -0.448 e. The number of rotatable bonds is 0. The van der Waals surface area contributed by atoms with Crippen LogP contribution in [0.4, 0.5) is 0 Å². The lowest BCUT2D eigenvalue weighted by Crippen LogP contribution is -2.50. The van der Waals surface area contributed by atoms with Crippen LogP contribution in [0.1, 0.15) is 53.9 Å². The zero-order valence-electron chi connectivity index (χ0n) is 16.2. The number of cyclic esters (lactones) is 1. The number of likely N-dealkylation sites (N-methyl/N-ethyl adjacent to an activating group) is 1. The van der Waals surface area contributed by atoms with Gasteiger partial charge in [0.05, 0.1) is 11.5 Å². The molecule has 0 aromatic carbocycles. The third-order valence-electron chi connectivity index (χ3n) is 4.74. The number of ether oxygens (including phenoxy) is 1. The zero-order chi connectivity index (χ0) is 19.6. The second-order valence-electron chi connectivity index (χ2n) is 8.89. The average molecular weight is 471 g/mol. The van der Waals surface area contributed by atoms with Crippen molar-refractivity contribution < 1.29 is 24.9 Å². The summed E-state index contributed by atoms with van der Waals surface area (Å²) in [6, 6.07) is 0. The molecule has 0 aliphatic carbocycles.